The van der Waals surface area contributed by atoms with Gasteiger partial charge in [-0.25, -0.2) is 4.98 Å². The van der Waals surface area contributed by atoms with Gasteiger partial charge in [-0.1, -0.05) is 31.2 Å². The molecule has 0 spiro atoms. The SMILES string of the molecule is CCCn1c(NC(=O)[C@H](C)N2C(=O)c3ccccc3C2=O)nc2ccccc21. The normalized spacial score (nSPS) is 14.4. The van der Waals surface area contributed by atoms with Crippen molar-refractivity contribution in [1.29, 1.82) is 0 Å². The Balaban J connectivity index is 1.61. The van der Waals surface area contributed by atoms with Crippen LogP contribution in [0.2, 0.25) is 0 Å². The molecule has 2 aromatic carbocycles. The second-order valence-electron chi connectivity index (χ2n) is 6.77. The second-order valence-corrected chi connectivity index (χ2v) is 6.77. The number of rotatable bonds is 5. The summed E-state index contributed by atoms with van der Waals surface area (Å²) in [5, 5.41) is 2.80. The molecule has 2 heterocycles. The third-order valence-corrected chi connectivity index (χ3v) is 4.93. The molecular formula is C21H20N4O3. The Morgan fingerprint density at radius 1 is 1.04 bits per heavy atom. The van der Waals surface area contributed by atoms with E-state index in [1.807, 2.05) is 35.8 Å². The fourth-order valence-corrected chi connectivity index (χ4v) is 3.51. The van der Waals surface area contributed by atoms with Crippen LogP contribution in [0.4, 0.5) is 5.95 Å². The summed E-state index contributed by atoms with van der Waals surface area (Å²) in [6.07, 6.45) is 0.872. The van der Waals surface area contributed by atoms with Crippen LogP contribution in [0.3, 0.4) is 0 Å². The number of fused-ring (bicyclic) bond motifs is 2. The first-order valence-corrected chi connectivity index (χ1v) is 9.26. The van der Waals surface area contributed by atoms with Crippen molar-refractivity contribution in [3.05, 3.63) is 59.7 Å². The number of nitrogens with zero attached hydrogens (tertiary/aromatic N) is 3. The van der Waals surface area contributed by atoms with E-state index in [2.05, 4.69) is 10.3 Å². The molecule has 1 aliphatic rings. The summed E-state index contributed by atoms with van der Waals surface area (Å²) in [5.74, 6) is -0.950. The molecule has 0 radical (unpaired) electrons. The number of imidazole rings is 1. The molecule has 1 aromatic heterocycles. The Labute approximate surface area is 162 Å². The molecule has 0 fully saturated rings. The molecule has 1 N–H and O–H groups in total. The summed E-state index contributed by atoms with van der Waals surface area (Å²) in [5.41, 5.74) is 2.35. The number of carbonyl (C=O) groups excluding carboxylic acids is 3. The molecule has 4 rings (SSSR count). The van der Waals surface area contributed by atoms with Crippen LogP contribution in [0.1, 0.15) is 41.0 Å². The van der Waals surface area contributed by atoms with Crippen molar-refractivity contribution in [2.24, 2.45) is 0 Å². The minimum atomic E-state index is -0.956. The number of hydrogen-bond acceptors (Lipinski definition) is 4. The molecule has 0 aliphatic carbocycles. The Bertz CT molecular complexity index is 1070. The van der Waals surface area contributed by atoms with Crippen LogP contribution < -0.4 is 5.32 Å². The van der Waals surface area contributed by atoms with Gasteiger partial charge in [-0.3, -0.25) is 24.6 Å². The molecule has 1 aliphatic heterocycles. The van der Waals surface area contributed by atoms with E-state index in [-0.39, 0.29) is 0 Å². The predicted octanol–water partition coefficient (Wildman–Crippen LogP) is 3.07. The Hall–Kier alpha value is -3.48. The van der Waals surface area contributed by atoms with Gasteiger partial charge >= 0.3 is 0 Å². The molecule has 1 atom stereocenters. The molecule has 0 unspecified atom stereocenters. The van der Waals surface area contributed by atoms with E-state index >= 15 is 0 Å². The zero-order valence-corrected chi connectivity index (χ0v) is 15.7. The molecule has 0 saturated heterocycles. The number of para-hydroxylation sites is 2. The highest BCUT2D eigenvalue weighted by Gasteiger charge is 2.40. The molecule has 7 heteroatoms. The third kappa shape index (κ3) is 2.76. The van der Waals surface area contributed by atoms with Gasteiger partial charge in [0.2, 0.25) is 11.9 Å². The van der Waals surface area contributed by atoms with Gasteiger partial charge in [-0.15, -0.1) is 0 Å². The van der Waals surface area contributed by atoms with E-state index < -0.39 is 23.8 Å². The van der Waals surface area contributed by atoms with E-state index in [1.54, 1.807) is 31.2 Å². The summed E-state index contributed by atoms with van der Waals surface area (Å²) in [7, 11) is 0. The first kappa shape index (κ1) is 17.9. The first-order chi connectivity index (χ1) is 13.5. The molecule has 7 nitrogen and oxygen atoms in total. The molecule has 0 saturated carbocycles. The Morgan fingerprint density at radius 3 is 2.29 bits per heavy atom. The van der Waals surface area contributed by atoms with Gasteiger partial charge in [0, 0.05) is 6.54 Å². The Morgan fingerprint density at radius 2 is 1.64 bits per heavy atom. The lowest BCUT2D eigenvalue weighted by Gasteiger charge is -2.21. The van der Waals surface area contributed by atoms with E-state index in [4.69, 9.17) is 0 Å². The second kappa shape index (κ2) is 6.92. The molecule has 0 bridgehead atoms. The van der Waals surface area contributed by atoms with Crippen LogP contribution in [-0.4, -0.2) is 38.2 Å². The van der Waals surface area contributed by atoms with Gasteiger partial charge in [0.1, 0.15) is 6.04 Å². The van der Waals surface area contributed by atoms with Crippen molar-refractivity contribution in [3.8, 4) is 0 Å². The van der Waals surface area contributed by atoms with Gasteiger partial charge in [0.25, 0.3) is 11.8 Å². The number of imide groups is 1. The highest BCUT2D eigenvalue weighted by atomic mass is 16.2. The van der Waals surface area contributed by atoms with Gasteiger partial charge in [-0.05, 0) is 37.6 Å². The number of anilines is 1. The molecule has 3 amide bonds. The van der Waals surface area contributed by atoms with Crippen molar-refractivity contribution in [2.45, 2.75) is 32.9 Å². The number of aromatic nitrogens is 2. The lowest BCUT2D eigenvalue weighted by Crippen LogP contribution is -2.45. The minimum Gasteiger partial charge on any atom is -0.310 e. The number of benzene rings is 2. The van der Waals surface area contributed by atoms with E-state index in [0.29, 0.717) is 23.6 Å². The summed E-state index contributed by atoms with van der Waals surface area (Å²) in [6, 6.07) is 13.3. The van der Waals surface area contributed by atoms with Crippen LogP contribution in [0.5, 0.6) is 0 Å². The largest absolute Gasteiger partial charge is 0.310 e. The van der Waals surface area contributed by atoms with Crippen LogP contribution in [0, 0.1) is 0 Å². The molecule has 3 aromatic rings. The maximum Gasteiger partial charge on any atom is 0.262 e. The number of hydrogen-bond donors (Lipinski definition) is 1. The number of nitrogens with one attached hydrogen (secondary N) is 1. The quantitative estimate of drug-likeness (QED) is 0.694. The monoisotopic (exact) mass is 376 g/mol. The Kier molecular flexibility index (Phi) is 4.43. The van der Waals surface area contributed by atoms with Gasteiger partial charge in [-0.2, -0.15) is 0 Å². The zero-order chi connectivity index (χ0) is 19.8. The molecular weight excluding hydrogens is 356 g/mol. The number of amides is 3. The molecule has 28 heavy (non-hydrogen) atoms. The van der Waals surface area contributed by atoms with Crippen LogP contribution in [0.15, 0.2) is 48.5 Å². The summed E-state index contributed by atoms with van der Waals surface area (Å²) < 4.78 is 1.93. The van der Waals surface area contributed by atoms with Crippen molar-refractivity contribution in [2.75, 3.05) is 5.32 Å². The average Bonchev–Trinajstić information content (AvgIpc) is 3.17. The highest BCUT2D eigenvalue weighted by molar-refractivity contribution is 6.23. The van der Waals surface area contributed by atoms with Gasteiger partial charge < -0.3 is 4.57 Å². The zero-order valence-electron chi connectivity index (χ0n) is 15.7. The van der Waals surface area contributed by atoms with Crippen LogP contribution in [0.25, 0.3) is 11.0 Å². The first-order valence-electron chi connectivity index (χ1n) is 9.26. The van der Waals surface area contributed by atoms with Crippen molar-refractivity contribution in [3.63, 3.8) is 0 Å². The van der Waals surface area contributed by atoms with Gasteiger partial charge in [0.15, 0.2) is 0 Å². The molecule has 142 valence electrons. The van der Waals surface area contributed by atoms with E-state index in [0.717, 1.165) is 22.4 Å². The summed E-state index contributed by atoms with van der Waals surface area (Å²) in [4.78, 5) is 43.6. The fourth-order valence-electron chi connectivity index (χ4n) is 3.51. The standard InChI is InChI=1S/C21H20N4O3/c1-3-12-24-17-11-7-6-10-16(17)22-21(24)23-18(26)13(2)25-19(27)14-8-4-5-9-15(14)20(25)28/h4-11,13H,3,12H2,1-2H3,(H,22,23,26)/t13-/m0/s1. The third-order valence-electron chi connectivity index (χ3n) is 4.93. The lowest BCUT2D eigenvalue weighted by atomic mass is 10.1. The fraction of sp³-hybridized carbons (Fsp3) is 0.238. The van der Waals surface area contributed by atoms with Crippen LogP contribution in [-0.2, 0) is 11.3 Å². The number of carbonyl (C=O) groups is 3. The minimum absolute atomic E-state index is 0.324. The summed E-state index contributed by atoms with van der Waals surface area (Å²) >= 11 is 0. The maximum atomic E-state index is 12.9. The lowest BCUT2D eigenvalue weighted by molar-refractivity contribution is -0.119. The van der Waals surface area contributed by atoms with Crippen molar-refractivity contribution in [1.82, 2.24) is 14.5 Å². The number of aryl methyl sites for hydroxylation is 1. The van der Waals surface area contributed by atoms with Crippen molar-refractivity contribution >= 4 is 34.7 Å². The average molecular weight is 376 g/mol. The van der Waals surface area contributed by atoms with Crippen molar-refractivity contribution < 1.29 is 14.4 Å². The maximum absolute atomic E-state index is 12.9. The topological polar surface area (TPSA) is 84.3 Å². The summed E-state index contributed by atoms with van der Waals surface area (Å²) in [6.45, 7) is 4.28. The van der Waals surface area contributed by atoms with E-state index in [1.165, 1.54) is 0 Å². The highest BCUT2D eigenvalue weighted by Crippen LogP contribution is 2.25. The predicted molar refractivity (Wildman–Crippen MR) is 105 cm³/mol. The smallest absolute Gasteiger partial charge is 0.262 e. The van der Waals surface area contributed by atoms with Crippen LogP contribution >= 0.6 is 0 Å². The van der Waals surface area contributed by atoms with Gasteiger partial charge in [0.05, 0.1) is 22.2 Å². The van der Waals surface area contributed by atoms with E-state index in [9.17, 15) is 14.4 Å².